The lowest BCUT2D eigenvalue weighted by molar-refractivity contribution is 1.07. The molecule has 0 saturated heterocycles. The third-order valence-electron chi connectivity index (χ3n) is 9.49. The van der Waals surface area contributed by atoms with Crippen LogP contribution in [-0.4, -0.2) is 24.5 Å². The molecule has 10 rings (SSSR count). The van der Waals surface area contributed by atoms with Gasteiger partial charge in [-0.3, -0.25) is 0 Å². The Morgan fingerprint density at radius 1 is 0.385 bits per heavy atom. The second-order valence-corrected chi connectivity index (χ2v) is 13.7. The summed E-state index contributed by atoms with van der Waals surface area (Å²) in [5.41, 5.74) is 10.7. The molecule has 6 heteroatoms. The minimum absolute atomic E-state index is 0.631. The van der Waals surface area contributed by atoms with Crippen LogP contribution >= 0.6 is 11.3 Å². The molecule has 0 saturated carbocycles. The zero-order valence-electron chi connectivity index (χ0n) is 27.9. The van der Waals surface area contributed by atoms with E-state index in [4.69, 9.17) is 19.9 Å². The number of rotatable bonds is 6. The summed E-state index contributed by atoms with van der Waals surface area (Å²) in [6, 6.07) is 61.0. The Labute approximate surface area is 304 Å². The van der Waals surface area contributed by atoms with Crippen LogP contribution in [0.3, 0.4) is 0 Å². The van der Waals surface area contributed by atoms with E-state index in [1.54, 1.807) is 11.3 Å². The topological polar surface area (TPSA) is 56.5 Å². The lowest BCUT2D eigenvalue weighted by Crippen LogP contribution is -2.00. The minimum atomic E-state index is 0.631. The highest BCUT2D eigenvalue weighted by atomic mass is 32.1. The molecule has 0 unspecified atom stereocenters. The summed E-state index contributed by atoms with van der Waals surface area (Å²) in [4.78, 5) is 19.9. The molecule has 0 atom stereocenters. The molecule has 3 aromatic heterocycles. The van der Waals surface area contributed by atoms with Crippen molar-refractivity contribution in [3.8, 4) is 61.5 Å². The zero-order chi connectivity index (χ0) is 34.4. The van der Waals surface area contributed by atoms with Crippen LogP contribution in [0.5, 0.6) is 0 Å². The Kier molecular flexibility index (Phi) is 7.25. The van der Waals surface area contributed by atoms with E-state index in [2.05, 4.69) is 114 Å². The average Bonchev–Trinajstić information content (AvgIpc) is 3.82. The second kappa shape index (κ2) is 12.5. The summed E-state index contributed by atoms with van der Waals surface area (Å²) in [5, 5.41) is 3.41. The van der Waals surface area contributed by atoms with Crippen molar-refractivity contribution in [2.24, 2.45) is 0 Å². The molecule has 10 aromatic rings. The smallest absolute Gasteiger partial charge is 0.164 e. The Balaban J connectivity index is 1.16. The van der Waals surface area contributed by atoms with Gasteiger partial charge in [-0.25, -0.2) is 19.9 Å². The second-order valence-electron chi connectivity index (χ2n) is 12.7. The molecule has 0 amide bonds. The van der Waals surface area contributed by atoms with Crippen LogP contribution in [0, 0.1) is 0 Å². The Morgan fingerprint density at radius 2 is 0.885 bits per heavy atom. The fourth-order valence-corrected chi connectivity index (χ4v) is 8.07. The first-order valence-corrected chi connectivity index (χ1v) is 18.0. The van der Waals surface area contributed by atoms with Gasteiger partial charge >= 0.3 is 0 Å². The van der Waals surface area contributed by atoms with Gasteiger partial charge in [-0.1, -0.05) is 127 Å². The standard InChI is InChI=1S/C46H29N5S/c1-5-13-30(14-6-1)35-23-28-40-38(29-35)37-26-27-39-42(52-46(47-39)34-19-11-4-12-20-34)41(37)51(40)36-24-21-33(22-25-36)45-49-43(31-15-7-2-8-16-31)48-44(50-45)32-17-9-3-10-18-32/h1-29H. The Morgan fingerprint density at radius 3 is 1.46 bits per heavy atom. The van der Waals surface area contributed by atoms with Gasteiger partial charge in [-0.05, 0) is 59.7 Å². The first-order chi connectivity index (χ1) is 25.8. The van der Waals surface area contributed by atoms with E-state index in [0.29, 0.717) is 17.5 Å². The van der Waals surface area contributed by atoms with Gasteiger partial charge in [0.2, 0.25) is 0 Å². The molecule has 0 aliphatic carbocycles. The van der Waals surface area contributed by atoms with E-state index in [1.165, 1.54) is 21.9 Å². The molecule has 0 N–H and O–H groups in total. The van der Waals surface area contributed by atoms with E-state index in [1.807, 2.05) is 66.7 Å². The van der Waals surface area contributed by atoms with Crippen LogP contribution in [0.15, 0.2) is 176 Å². The van der Waals surface area contributed by atoms with Crippen molar-refractivity contribution >= 4 is 43.4 Å². The first kappa shape index (κ1) is 30.1. The molecule has 3 heterocycles. The highest BCUT2D eigenvalue weighted by molar-refractivity contribution is 7.22. The maximum atomic E-state index is 5.11. The number of benzene rings is 7. The van der Waals surface area contributed by atoms with Crippen LogP contribution < -0.4 is 0 Å². The quantitative estimate of drug-likeness (QED) is 0.175. The van der Waals surface area contributed by atoms with Crippen LogP contribution in [0.4, 0.5) is 0 Å². The summed E-state index contributed by atoms with van der Waals surface area (Å²) >= 11 is 1.74. The monoisotopic (exact) mass is 683 g/mol. The van der Waals surface area contributed by atoms with Gasteiger partial charge in [0.25, 0.3) is 0 Å². The van der Waals surface area contributed by atoms with E-state index in [9.17, 15) is 0 Å². The third-order valence-corrected chi connectivity index (χ3v) is 10.6. The van der Waals surface area contributed by atoms with Gasteiger partial charge in [0.15, 0.2) is 17.5 Å². The fraction of sp³-hybridized carbons (Fsp3) is 0. The molecule has 0 bridgehead atoms. The number of hydrogen-bond donors (Lipinski definition) is 0. The van der Waals surface area contributed by atoms with Crippen molar-refractivity contribution in [2.45, 2.75) is 0 Å². The molecular formula is C46H29N5S. The molecule has 5 nitrogen and oxygen atoms in total. The van der Waals surface area contributed by atoms with Crippen molar-refractivity contribution in [1.29, 1.82) is 0 Å². The number of fused-ring (bicyclic) bond motifs is 5. The van der Waals surface area contributed by atoms with Crippen LogP contribution in [0.2, 0.25) is 0 Å². The number of aromatic nitrogens is 5. The maximum absolute atomic E-state index is 5.11. The summed E-state index contributed by atoms with van der Waals surface area (Å²) in [6.07, 6.45) is 0. The number of hydrogen-bond acceptors (Lipinski definition) is 5. The van der Waals surface area contributed by atoms with Gasteiger partial charge in [0.05, 0.1) is 21.3 Å². The van der Waals surface area contributed by atoms with Gasteiger partial charge in [-0.15, -0.1) is 11.3 Å². The normalized spacial score (nSPS) is 11.5. The maximum Gasteiger partial charge on any atom is 0.164 e. The molecule has 0 aliphatic heterocycles. The Bertz CT molecular complexity index is 2770. The zero-order valence-corrected chi connectivity index (χ0v) is 28.7. The van der Waals surface area contributed by atoms with E-state index >= 15 is 0 Å². The third kappa shape index (κ3) is 5.25. The van der Waals surface area contributed by atoms with Crippen molar-refractivity contribution in [3.63, 3.8) is 0 Å². The van der Waals surface area contributed by atoms with Gasteiger partial charge in [0.1, 0.15) is 5.01 Å². The van der Waals surface area contributed by atoms with Crippen LogP contribution in [0.25, 0.3) is 93.6 Å². The van der Waals surface area contributed by atoms with Crippen molar-refractivity contribution < 1.29 is 0 Å². The van der Waals surface area contributed by atoms with E-state index in [-0.39, 0.29) is 0 Å². The molecule has 0 radical (unpaired) electrons. The average molecular weight is 684 g/mol. The van der Waals surface area contributed by atoms with Crippen molar-refractivity contribution in [3.05, 3.63) is 176 Å². The molecule has 244 valence electrons. The molecule has 7 aromatic carbocycles. The minimum Gasteiger partial charge on any atom is -0.308 e. The highest BCUT2D eigenvalue weighted by Crippen LogP contribution is 2.42. The number of thiazole rings is 1. The summed E-state index contributed by atoms with van der Waals surface area (Å²) < 4.78 is 3.55. The van der Waals surface area contributed by atoms with Gasteiger partial charge < -0.3 is 4.57 Å². The SMILES string of the molecule is c1ccc(-c2ccc3c(c2)c2ccc4nc(-c5ccccc5)sc4c2n3-c2ccc(-c3nc(-c4ccccc4)nc(-c4ccccc4)n3)cc2)cc1. The van der Waals surface area contributed by atoms with Crippen LogP contribution in [0.1, 0.15) is 0 Å². The van der Waals surface area contributed by atoms with Gasteiger partial charge in [-0.2, -0.15) is 0 Å². The van der Waals surface area contributed by atoms with Crippen LogP contribution in [-0.2, 0) is 0 Å². The van der Waals surface area contributed by atoms with E-state index in [0.717, 1.165) is 54.2 Å². The molecule has 0 spiro atoms. The predicted octanol–water partition coefficient (Wildman–Crippen LogP) is 11.9. The molecular weight excluding hydrogens is 655 g/mol. The first-order valence-electron chi connectivity index (χ1n) is 17.2. The lowest BCUT2D eigenvalue weighted by Gasteiger charge is -2.11. The van der Waals surface area contributed by atoms with Crippen molar-refractivity contribution in [1.82, 2.24) is 24.5 Å². The fourth-order valence-electron chi connectivity index (χ4n) is 6.96. The van der Waals surface area contributed by atoms with Gasteiger partial charge in [0, 0.05) is 38.7 Å². The highest BCUT2D eigenvalue weighted by Gasteiger charge is 2.20. The van der Waals surface area contributed by atoms with Crippen molar-refractivity contribution in [2.75, 3.05) is 0 Å². The molecule has 0 fully saturated rings. The molecule has 52 heavy (non-hydrogen) atoms. The summed E-state index contributed by atoms with van der Waals surface area (Å²) in [5.74, 6) is 1.92. The van der Waals surface area contributed by atoms with E-state index < -0.39 is 0 Å². The lowest BCUT2D eigenvalue weighted by atomic mass is 10.0. The predicted molar refractivity (Wildman–Crippen MR) is 215 cm³/mol. The summed E-state index contributed by atoms with van der Waals surface area (Å²) in [7, 11) is 0. The molecule has 0 aliphatic rings. The largest absolute Gasteiger partial charge is 0.308 e. The summed E-state index contributed by atoms with van der Waals surface area (Å²) in [6.45, 7) is 0. The number of nitrogens with zero attached hydrogens (tertiary/aromatic N) is 5. The Hall–Kier alpha value is -6.76.